The first-order valence-corrected chi connectivity index (χ1v) is 6.64. The van der Waals surface area contributed by atoms with Crippen LogP contribution in [0.4, 0.5) is 0 Å². The number of hydrogen-bond donors (Lipinski definition) is 1. The van der Waals surface area contributed by atoms with Crippen molar-refractivity contribution in [3.8, 4) is 12.3 Å². The predicted octanol–water partition coefficient (Wildman–Crippen LogP) is -1.02. The van der Waals surface area contributed by atoms with Crippen LogP contribution in [0.2, 0.25) is 0 Å². The van der Waals surface area contributed by atoms with Gasteiger partial charge in [0.2, 0.25) is 5.91 Å². The van der Waals surface area contributed by atoms with Gasteiger partial charge in [-0.1, -0.05) is 5.92 Å². The molecule has 0 atom stereocenters. The minimum absolute atomic E-state index is 0.0350. The van der Waals surface area contributed by atoms with E-state index in [1.54, 1.807) is 0 Å². The van der Waals surface area contributed by atoms with Crippen LogP contribution < -0.4 is 5.32 Å². The average Bonchev–Trinajstić information content (AvgIpc) is 2.58. The minimum Gasteiger partial charge on any atom is -0.344 e. The molecule has 8 heteroatoms. The Morgan fingerprint density at radius 2 is 2.26 bits per heavy atom. The van der Waals surface area contributed by atoms with Crippen LogP contribution in [0.15, 0.2) is 23.4 Å². The normalized spacial score (nSPS) is 15.7. The molecule has 0 aromatic carbocycles. The van der Waals surface area contributed by atoms with Crippen LogP contribution in [0.3, 0.4) is 0 Å². The number of sulfonamides is 1. The maximum atomic E-state index is 12.0. The molecule has 1 aliphatic rings. The van der Waals surface area contributed by atoms with E-state index >= 15 is 0 Å². The Morgan fingerprint density at radius 3 is 2.89 bits per heavy atom. The SMILES string of the molecule is C#CCNC(=O)CN1C(=O)c2cccnc2S1(=O)=O. The average molecular weight is 279 g/mol. The van der Waals surface area contributed by atoms with E-state index in [1.165, 1.54) is 18.3 Å². The van der Waals surface area contributed by atoms with Crippen molar-refractivity contribution in [2.75, 3.05) is 13.1 Å². The van der Waals surface area contributed by atoms with Crippen LogP contribution in [-0.2, 0) is 14.8 Å². The number of carbonyl (C=O) groups is 2. The van der Waals surface area contributed by atoms with E-state index in [1.807, 2.05) is 0 Å². The van der Waals surface area contributed by atoms with Gasteiger partial charge >= 0.3 is 0 Å². The lowest BCUT2D eigenvalue weighted by atomic mass is 10.3. The maximum Gasteiger partial charge on any atom is 0.285 e. The quantitative estimate of drug-likeness (QED) is 0.714. The number of nitrogens with zero attached hydrogens (tertiary/aromatic N) is 2. The van der Waals surface area contributed by atoms with E-state index in [0.29, 0.717) is 4.31 Å². The molecule has 0 aliphatic carbocycles. The lowest BCUT2D eigenvalue weighted by Gasteiger charge is -2.13. The van der Waals surface area contributed by atoms with Gasteiger partial charge in [-0.05, 0) is 12.1 Å². The Labute approximate surface area is 109 Å². The summed E-state index contributed by atoms with van der Waals surface area (Å²) in [5.74, 6) is 0.760. The zero-order chi connectivity index (χ0) is 14.0. The molecule has 7 nitrogen and oxygen atoms in total. The molecule has 0 bridgehead atoms. The van der Waals surface area contributed by atoms with Gasteiger partial charge < -0.3 is 5.32 Å². The van der Waals surface area contributed by atoms with E-state index < -0.39 is 28.4 Å². The van der Waals surface area contributed by atoms with Crippen molar-refractivity contribution in [2.45, 2.75) is 5.03 Å². The summed E-state index contributed by atoms with van der Waals surface area (Å²) >= 11 is 0. The maximum absolute atomic E-state index is 12.0. The number of rotatable bonds is 3. The molecule has 1 N–H and O–H groups in total. The van der Waals surface area contributed by atoms with Gasteiger partial charge in [-0.2, -0.15) is 8.42 Å². The number of amides is 2. The first-order chi connectivity index (χ1) is 8.98. The first kappa shape index (κ1) is 13.0. The molecular weight excluding hydrogens is 270 g/mol. The van der Waals surface area contributed by atoms with Crippen LogP contribution in [0.25, 0.3) is 0 Å². The van der Waals surface area contributed by atoms with E-state index in [2.05, 4.69) is 16.2 Å². The topological polar surface area (TPSA) is 96.4 Å². The van der Waals surface area contributed by atoms with Crippen LogP contribution in [0, 0.1) is 12.3 Å². The van der Waals surface area contributed by atoms with E-state index in [4.69, 9.17) is 6.42 Å². The second kappa shape index (κ2) is 4.70. The highest BCUT2D eigenvalue weighted by molar-refractivity contribution is 7.90. The zero-order valence-corrected chi connectivity index (χ0v) is 10.5. The molecule has 0 radical (unpaired) electrons. The third kappa shape index (κ3) is 2.15. The highest BCUT2D eigenvalue weighted by Crippen LogP contribution is 2.27. The number of nitrogens with one attached hydrogen (secondary N) is 1. The largest absolute Gasteiger partial charge is 0.344 e. The standard InChI is InChI=1S/C11H9N3O4S/c1-2-5-12-9(15)7-14-11(16)8-4-3-6-13-10(8)19(14,17)18/h1,3-4,6H,5,7H2,(H,12,15). The molecule has 0 saturated heterocycles. The molecule has 2 heterocycles. The second-order valence-electron chi connectivity index (χ2n) is 3.65. The summed E-state index contributed by atoms with van der Waals surface area (Å²) in [7, 11) is -4.06. The molecule has 0 saturated carbocycles. The number of pyridine rings is 1. The predicted molar refractivity (Wildman–Crippen MR) is 64.3 cm³/mol. The Hall–Kier alpha value is -2.40. The molecule has 98 valence electrons. The van der Waals surface area contributed by atoms with E-state index in [0.717, 1.165) is 0 Å². The minimum atomic E-state index is -4.06. The summed E-state index contributed by atoms with van der Waals surface area (Å²) in [4.78, 5) is 27.0. The van der Waals surface area contributed by atoms with E-state index in [-0.39, 0.29) is 17.1 Å². The van der Waals surface area contributed by atoms with Gasteiger partial charge in [0.15, 0.2) is 5.03 Å². The van der Waals surface area contributed by atoms with Gasteiger partial charge in [0, 0.05) is 6.20 Å². The monoisotopic (exact) mass is 279 g/mol. The Bertz CT molecular complexity index is 690. The molecule has 2 rings (SSSR count). The lowest BCUT2D eigenvalue weighted by molar-refractivity contribution is -0.120. The van der Waals surface area contributed by atoms with Crippen molar-refractivity contribution >= 4 is 21.8 Å². The van der Waals surface area contributed by atoms with Gasteiger partial charge in [0.25, 0.3) is 15.9 Å². The van der Waals surface area contributed by atoms with Crippen LogP contribution in [0.1, 0.15) is 10.4 Å². The number of terminal acetylenes is 1. The molecule has 0 spiro atoms. The Morgan fingerprint density at radius 1 is 1.53 bits per heavy atom. The molecule has 19 heavy (non-hydrogen) atoms. The fraction of sp³-hybridized carbons (Fsp3) is 0.182. The molecule has 0 unspecified atom stereocenters. The molecule has 1 aromatic heterocycles. The zero-order valence-electron chi connectivity index (χ0n) is 9.66. The molecule has 1 aliphatic heterocycles. The number of carbonyl (C=O) groups excluding carboxylic acids is 2. The third-order valence-corrected chi connectivity index (χ3v) is 4.13. The molecule has 2 amide bonds. The highest BCUT2D eigenvalue weighted by atomic mass is 32.2. The van der Waals surface area contributed by atoms with Gasteiger partial charge in [-0.3, -0.25) is 9.59 Å². The first-order valence-electron chi connectivity index (χ1n) is 5.20. The second-order valence-corrected chi connectivity index (χ2v) is 5.43. The number of fused-ring (bicyclic) bond motifs is 1. The number of hydrogen-bond acceptors (Lipinski definition) is 5. The van der Waals surface area contributed by atoms with Gasteiger partial charge in [-0.15, -0.1) is 6.42 Å². The van der Waals surface area contributed by atoms with Gasteiger partial charge in [0.05, 0.1) is 12.1 Å². The van der Waals surface area contributed by atoms with E-state index in [9.17, 15) is 18.0 Å². The lowest BCUT2D eigenvalue weighted by Crippen LogP contribution is -2.40. The summed E-state index contributed by atoms with van der Waals surface area (Å²) in [6.07, 6.45) is 6.23. The van der Waals surface area contributed by atoms with Crippen molar-refractivity contribution < 1.29 is 18.0 Å². The van der Waals surface area contributed by atoms with Gasteiger partial charge in [0.1, 0.15) is 6.54 Å². The Balaban J connectivity index is 2.29. The summed E-state index contributed by atoms with van der Waals surface area (Å²) < 4.78 is 24.5. The van der Waals surface area contributed by atoms with Crippen molar-refractivity contribution in [1.82, 2.24) is 14.6 Å². The van der Waals surface area contributed by atoms with Crippen LogP contribution in [-0.4, -0.2) is 42.6 Å². The number of aromatic nitrogens is 1. The molecule has 1 aromatic rings. The van der Waals surface area contributed by atoms with Crippen molar-refractivity contribution in [3.63, 3.8) is 0 Å². The summed E-state index contributed by atoms with van der Waals surface area (Å²) in [5.41, 5.74) is -0.0350. The third-order valence-electron chi connectivity index (χ3n) is 2.44. The van der Waals surface area contributed by atoms with Crippen LogP contribution >= 0.6 is 0 Å². The fourth-order valence-electron chi connectivity index (χ4n) is 1.60. The summed E-state index contributed by atoms with van der Waals surface area (Å²) in [6, 6.07) is 2.80. The molecular formula is C11H9N3O4S. The summed E-state index contributed by atoms with van der Waals surface area (Å²) in [6.45, 7) is -0.648. The fourth-order valence-corrected chi connectivity index (χ4v) is 3.04. The van der Waals surface area contributed by atoms with Crippen molar-refractivity contribution in [1.29, 1.82) is 0 Å². The van der Waals surface area contributed by atoms with Crippen molar-refractivity contribution in [3.05, 3.63) is 23.9 Å². The highest BCUT2D eigenvalue weighted by Gasteiger charge is 2.43. The van der Waals surface area contributed by atoms with Crippen LogP contribution in [0.5, 0.6) is 0 Å². The van der Waals surface area contributed by atoms with Crippen molar-refractivity contribution in [2.24, 2.45) is 0 Å². The summed E-state index contributed by atoms with van der Waals surface area (Å²) in [5, 5.41) is 1.96. The Kier molecular flexibility index (Phi) is 3.23. The molecule has 0 fully saturated rings. The van der Waals surface area contributed by atoms with Gasteiger partial charge in [-0.25, -0.2) is 9.29 Å². The smallest absolute Gasteiger partial charge is 0.285 e.